The Hall–Kier alpha value is -0.960. The van der Waals surface area contributed by atoms with E-state index in [9.17, 15) is 0 Å². The Morgan fingerprint density at radius 1 is 1.21 bits per heavy atom. The van der Waals surface area contributed by atoms with Crippen molar-refractivity contribution < 1.29 is 0 Å². The second-order valence-corrected chi connectivity index (χ2v) is 4.49. The van der Waals surface area contributed by atoms with E-state index in [0.29, 0.717) is 5.92 Å². The molecule has 0 fully saturated rings. The lowest BCUT2D eigenvalue weighted by atomic mass is 10.1. The monoisotopic (exact) mass is 250 g/mol. The van der Waals surface area contributed by atoms with Crippen LogP contribution in [0.15, 0.2) is 29.0 Å². The quantitative estimate of drug-likeness (QED) is 0.774. The summed E-state index contributed by atoms with van der Waals surface area (Å²) in [5.41, 5.74) is 2.11. The lowest BCUT2D eigenvalue weighted by Crippen LogP contribution is -1.95. The average Bonchev–Trinajstić information content (AvgIpc) is 2.16. The predicted molar refractivity (Wildman–Crippen MR) is 61.3 cm³/mol. The molecule has 3 heteroatoms. The van der Waals surface area contributed by atoms with Gasteiger partial charge in [0.1, 0.15) is 6.33 Å². The third kappa shape index (κ3) is 1.64. The molecule has 2 rings (SSSR count). The van der Waals surface area contributed by atoms with Gasteiger partial charge in [-0.25, -0.2) is 9.97 Å². The van der Waals surface area contributed by atoms with E-state index in [4.69, 9.17) is 0 Å². The molecule has 0 bridgehead atoms. The molecule has 72 valence electrons. The summed E-state index contributed by atoms with van der Waals surface area (Å²) in [6.45, 7) is 4.28. The number of rotatable bonds is 1. The van der Waals surface area contributed by atoms with Gasteiger partial charge >= 0.3 is 0 Å². The van der Waals surface area contributed by atoms with Crippen LogP contribution in [0.4, 0.5) is 0 Å². The van der Waals surface area contributed by atoms with Crippen molar-refractivity contribution in [2.45, 2.75) is 19.8 Å². The largest absolute Gasteiger partial charge is 0.240 e. The molecule has 0 atom stereocenters. The molecule has 2 aromatic rings. The molecule has 0 aliphatic carbocycles. The van der Waals surface area contributed by atoms with E-state index in [0.717, 1.165) is 21.1 Å². The molecule has 0 aliphatic rings. The van der Waals surface area contributed by atoms with Crippen LogP contribution in [-0.2, 0) is 0 Å². The molecule has 0 saturated heterocycles. The first kappa shape index (κ1) is 9.59. The number of aromatic nitrogens is 2. The van der Waals surface area contributed by atoms with Crippen LogP contribution >= 0.6 is 15.9 Å². The lowest BCUT2D eigenvalue weighted by molar-refractivity contribution is 0.828. The Balaban J connectivity index is 2.77. The van der Waals surface area contributed by atoms with Gasteiger partial charge in [-0.2, -0.15) is 0 Å². The fourth-order valence-electron chi connectivity index (χ4n) is 1.51. The third-order valence-electron chi connectivity index (χ3n) is 2.18. The second-order valence-electron chi connectivity index (χ2n) is 3.58. The molecule has 0 aliphatic heterocycles. The summed E-state index contributed by atoms with van der Waals surface area (Å²) in [7, 11) is 0. The molecule has 0 radical (unpaired) electrons. The normalized spacial score (nSPS) is 11.1. The molecular weight excluding hydrogens is 240 g/mol. The van der Waals surface area contributed by atoms with Gasteiger partial charge < -0.3 is 0 Å². The fourth-order valence-corrected chi connectivity index (χ4v) is 1.87. The van der Waals surface area contributed by atoms with E-state index in [1.54, 1.807) is 6.33 Å². The molecule has 0 spiro atoms. The maximum Gasteiger partial charge on any atom is 0.116 e. The summed E-state index contributed by atoms with van der Waals surface area (Å²) < 4.78 is 1.07. The first-order valence-corrected chi connectivity index (χ1v) is 5.38. The lowest BCUT2D eigenvalue weighted by Gasteiger charge is -2.07. The number of hydrogen-bond donors (Lipinski definition) is 0. The maximum absolute atomic E-state index is 4.32. The minimum absolute atomic E-state index is 0.426. The molecule has 2 nitrogen and oxygen atoms in total. The highest BCUT2D eigenvalue weighted by molar-refractivity contribution is 9.10. The number of halogens is 1. The highest BCUT2D eigenvalue weighted by Gasteiger charge is 2.07. The second kappa shape index (κ2) is 3.65. The Morgan fingerprint density at radius 3 is 2.71 bits per heavy atom. The fraction of sp³-hybridized carbons (Fsp3) is 0.273. The summed E-state index contributed by atoms with van der Waals surface area (Å²) in [6, 6.07) is 6.08. The minimum Gasteiger partial charge on any atom is -0.240 e. The predicted octanol–water partition coefficient (Wildman–Crippen LogP) is 3.52. The van der Waals surface area contributed by atoms with Crippen LogP contribution in [-0.4, -0.2) is 9.97 Å². The van der Waals surface area contributed by atoms with E-state index in [1.807, 2.05) is 12.1 Å². The van der Waals surface area contributed by atoms with Crippen molar-refractivity contribution in [1.82, 2.24) is 9.97 Å². The summed E-state index contributed by atoms with van der Waals surface area (Å²) in [5.74, 6) is 0.426. The number of hydrogen-bond acceptors (Lipinski definition) is 2. The molecule has 0 saturated carbocycles. The van der Waals surface area contributed by atoms with E-state index >= 15 is 0 Å². The standard InChI is InChI=1S/C11H11BrN2/c1-7(2)11-9-5-8(12)3-4-10(9)13-6-14-11/h3-7H,1-2H3. The first-order valence-electron chi connectivity index (χ1n) is 4.58. The van der Waals surface area contributed by atoms with Crippen LogP contribution in [0.2, 0.25) is 0 Å². The molecule has 1 aromatic heterocycles. The number of benzene rings is 1. The highest BCUT2D eigenvalue weighted by Crippen LogP contribution is 2.24. The average molecular weight is 251 g/mol. The van der Waals surface area contributed by atoms with Gasteiger partial charge in [0.15, 0.2) is 0 Å². The molecule has 0 unspecified atom stereocenters. The van der Waals surface area contributed by atoms with Crippen LogP contribution in [0.5, 0.6) is 0 Å². The topological polar surface area (TPSA) is 25.8 Å². The van der Waals surface area contributed by atoms with Crippen molar-refractivity contribution in [2.75, 3.05) is 0 Å². The van der Waals surface area contributed by atoms with Gasteiger partial charge in [-0.3, -0.25) is 0 Å². The van der Waals surface area contributed by atoms with E-state index in [-0.39, 0.29) is 0 Å². The van der Waals surface area contributed by atoms with Gasteiger partial charge in [-0.05, 0) is 24.1 Å². The van der Waals surface area contributed by atoms with Crippen molar-refractivity contribution in [3.05, 3.63) is 34.7 Å². The number of fused-ring (bicyclic) bond motifs is 1. The van der Waals surface area contributed by atoms with Crippen molar-refractivity contribution in [3.8, 4) is 0 Å². The Morgan fingerprint density at radius 2 is 2.00 bits per heavy atom. The van der Waals surface area contributed by atoms with E-state index in [1.165, 1.54) is 0 Å². The van der Waals surface area contributed by atoms with E-state index in [2.05, 4.69) is 45.8 Å². The van der Waals surface area contributed by atoms with Crippen LogP contribution < -0.4 is 0 Å². The summed E-state index contributed by atoms with van der Waals surface area (Å²) >= 11 is 3.46. The Kier molecular flexibility index (Phi) is 2.50. The first-order chi connectivity index (χ1) is 6.68. The van der Waals surface area contributed by atoms with Gasteiger partial charge in [0.05, 0.1) is 11.2 Å². The summed E-state index contributed by atoms with van der Waals surface area (Å²) in [5, 5.41) is 1.14. The molecule has 14 heavy (non-hydrogen) atoms. The maximum atomic E-state index is 4.32. The van der Waals surface area contributed by atoms with Crippen molar-refractivity contribution in [1.29, 1.82) is 0 Å². The third-order valence-corrected chi connectivity index (χ3v) is 2.67. The smallest absolute Gasteiger partial charge is 0.116 e. The van der Waals surface area contributed by atoms with Crippen LogP contribution in [0, 0.1) is 0 Å². The van der Waals surface area contributed by atoms with Gasteiger partial charge in [-0.1, -0.05) is 29.8 Å². The molecule has 1 aromatic carbocycles. The molecule has 0 amide bonds. The Labute approximate surface area is 91.5 Å². The number of nitrogens with zero attached hydrogens (tertiary/aromatic N) is 2. The minimum atomic E-state index is 0.426. The van der Waals surface area contributed by atoms with Gasteiger partial charge in [0.2, 0.25) is 0 Å². The molecular formula is C11H11BrN2. The van der Waals surface area contributed by atoms with Gasteiger partial charge in [0, 0.05) is 9.86 Å². The van der Waals surface area contributed by atoms with Crippen molar-refractivity contribution >= 4 is 26.8 Å². The Bertz CT molecular complexity index is 466. The zero-order valence-electron chi connectivity index (χ0n) is 8.16. The van der Waals surface area contributed by atoms with Crippen LogP contribution in [0.1, 0.15) is 25.5 Å². The summed E-state index contributed by atoms with van der Waals surface area (Å²) in [4.78, 5) is 8.55. The highest BCUT2D eigenvalue weighted by atomic mass is 79.9. The van der Waals surface area contributed by atoms with Crippen molar-refractivity contribution in [3.63, 3.8) is 0 Å². The van der Waals surface area contributed by atoms with Crippen LogP contribution in [0.25, 0.3) is 10.9 Å². The van der Waals surface area contributed by atoms with Gasteiger partial charge in [-0.15, -0.1) is 0 Å². The van der Waals surface area contributed by atoms with Crippen LogP contribution in [0.3, 0.4) is 0 Å². The zero-order valence-corrected chi connectivity index (χ0v) is 9.75. The zero-order chi connectivity index (χ0) is 10.1. The summed E-state index contributed by atoms with van der Waals surface area (Å²) in [6.07, 6.45) is 1.63. The molecule has 1 heterocycles. The SMILES string of the molecule is CC(C)c1ncnc2ccc(Br)cc12. The molecule has 0 N–H and O–H groups in total. The van der Waals surface area contributed by atoms with Crippen molar-refractivity contribution in [2.24, 2.45) is 0 Å². The van der Waals surface area contributed by atoms with Gasteiger partial charge in [0.25, 0.3) is 0 Å². The van der Waals surface area contributed by atoms with E-state index < -0.39 is 0 Å².